The maximum atomic E-state index is 12.0. The van der Waals surface area contributed by atoms with Gasteiger partial charge in [-0.15, -0.1) is 0 Å². The van der Waals surface area contributed by atoms with Crippen molar-refractivity contribution in [1.29, 1.82) is 0 Å². The lowest BCUT2D eigenvalue weighted by atomic mass is 10.2. The summed E-state index contributed by atoms with van der Waals surface area (Å²) in [6.07, 6.45) is 2.86. The molecule has 5 nitrogen and oxygen atoms in total. The van der Waals surface area contributed by atoms with E-state index in [0.717, 1.165) is 11.1 Å². The van der Waals surface area contributed by atoms with Crippen molar-refractivity contribution in [2.75, 3.05) is 5.32 Å². The second-order valence-electron chi connectivity index (χ2n) is 6.01. The first-order chi connectivity index (χ1) is 13.4. The molecular weight excluding hydrogens is 396 g/mol. The molecule has 0 unspecified atom stereocenters. The van der Waals surface area contributed by atoms with Crippen LogP contribution in [-0.4, -0.2) is 16.1 Å². The molecular formula is C21H17ClN2O3S. The molecule has 7 heteroatoms. The largest absolute Gasteiger partial charge is 0.506 e. The first kappa shape index (κ1) is 19.7. The van der Waals surface area contributed by atoms with Gasteiger partial charge in [0.25, 0.3) is 0 Å². The van der Waals surface area contributed by atoms with Crippen molar-refractivity contribution in [1.82, 2.24) is 5.32 Å². The van der Waals surface area contributed by atoms with E-state index in [1.165, 1.54) is 6.08 Å². The minimum absolute atomic E-state index is 0.0445. The van der Waals surface area contributed by atoms with Crippen LogP contribution in [0.4, 0.5) is 5.69 Å². The molecule has 0 saturated heterocycles. The molecule has 0 aliphatic carbocycles. The normalized spacial score (nSPS) is 10.8. The minimum atomic E-state index is -0.422. The summed E-state index contributed by atoms with van der Waals surface area (Å²) in [4.78, 5) is 12.0. The molecule has 1 amide bonds. The predicted molar refractivity (Wildman–Crippen MR) is 115 cm³/mol. The number of aryl methyl sites for hydroxylation is 1. The van der Waals surface area contributed by atoms with E-state index in [9.17, 15) is 9.90 Å². The Balaban J connectivity index is 1.58. The van der Waals surface area contributed by atoms with E-state index in [2.05, 4.69) is 10.6 Å². The van der Waals surface area contributed by atoms with Crippen LogP contribution in [0.3, 0.4) is 0 Å². The van der Waals surface area contributed by atoms with Gasteiger partial charge in [0.2, 0.25) is 5.91 Å². The molecule has 3 N–H and O–H groups in total. The summed E-state index contributed by atoms with van der Waals surface area (Å²) in [6, 6.07) is 15.9. The highest BCUT2D eigenvalue weighted by atomic mass is 35.5. The van der Waals surface area contributed by atoms with E-state index in [0.29, 0.717) is 22.2 Å². The van der Waals surface area contributed by atoms with Crippen LogP contribution in [0.5, 0.6) is 5.75 Å². The number of hydrogen-bond donors (Lipinski definition) is 3. The fourth-order valence-electron chi connectivity index (χ4n) is 2.43. The number of phenolic OH excluding ortho intramolecular Hbond substituents is 1. The summed E-state index contributed by atoms with van der Waals surface area (Å²) < 4.78 is 5.70. The van der Waals surface area contributed by atoms with E-state index in [4.69, 9.17) is 28.2 Å². The van der Waals surface area contributed by atoms with E-state index in [-0.39, 0.29) is 10.9 Å². The Bertz CT molecular complexity index is 1040. The van der Waals surface area contributed by atoms with Gasteiger partial charge in [-0.25, -0.2) is 0 Å². The molecule has 3 rings (SSSR count). The molecule has 142 valence electrons. The average molecular weight is 413 g/mol. The van der Waals surface area contributed by atoms with Crippen LogP contribution in [0.2, 0.25) is 5.02 Å². The molecule has 0 saturated carbocycles. The van der Waals surface area contributed by atoms with Crippen LogP contribution < -0.4 is 10.6 Å². The summed E-state index contributed by atoms with van der Waals surface area (Å²) in [5.41, 5.74) is 2.26. The fraction of sp³-hybridized carbons (Fsp3) is 0.0476. The van der Waals surface area contributed by atoms with Crippen molar-refractivity contribution in [2.45, 2.75) is 6.92 Å². The molecule has 28 heavy (non-hydrogen) atoms. The number of nitrogens with one attached hydrogen (secondary N) is 2. The Kier molecular flexibility index (Phi) is 6.13. The first-order valence-electron chi connectivity index (χ1n) is 8.36. The van der Waals surface area contributed by atoms with Crippen molar-refractivity contribution < 1.29 is 14.3 Å². The van der Waals surface area contributed by atoms with Crippen LogP contribution in [0.1, 0.15) is 11.3 Å². The van der Waals surface area contributed by atoms with Crippen LogP contribution in [0, 0.1) is 6.92 Å². The summed E-state index contributed by atoms with van der Waals surface area (Å²) in [5, 5.41) is 15.9. The van der Waals surface area contributed by atoms with Gasteiger partial charge in [-0.2, -0.15) is 0 Å². The van der Waals surface area contributed by atoms with Crippen molar-refractivity contribution >= 4 is 46.6 Å². The maximum absolute atomic E-state index is 12.0. The highest BCUT2D eigenvalue weighted by Gasteiger charge is 2.07. The Morgan fingerprint density at radius 2 is 1.89 bits per heavy atom. The molecule has 3 aromatic rings. The Hall–Kier alpha value is -3.09. The van der Waals surface area contributed by atoms with Crippen LogP contribution >= 0.6 is 23.8 Å². The smallest absolute Gasteiger partial charge is 0.250 e. The molecule has 0 bridgehead atoms. The van der Waals surface area contributed by atoms with Crippen molar-refractivity contribution in [3.8, 4) is 17.1 Å². The summed E-state index contributed by atoms with van der Waals surface area (Å²) in [7, 11) is 0. The van der Waals surface area contributed by atoms with Gasteiger partial charge < -0.3 is 14.8 Å². The molecule has 1 heterocycles. The van der Waals surface area contributed by atoms with Crippen molar-refractivity contribution in [3.05, 3.63) is 77.0 Å². The number of hydrogen-bond acceptors (Lipinski definition) is 4. The summed E-state index contributed by atoms with van der Waals surface area (Å²) in [5.74, 6) is 0.816. The SMILES string of the molecule is Cc1ccc(O)c(NC(=S)NC(=O)C=Cc2ccc(-c3ccc(Cl)cc3)o2)c1. The monoisotopic (exact) mass is 412 g/mol. The number of benzene rings is 2. The number of amides is 1. The van der Waals surface area contributed by atoms with E-state index in [1.54, 1.807) is 42.5 Å². The number of aromatic hydroxyl groups is 1. The Morgan fingerprint density at radius 1 is 1.14 bits per heavy atom. The number of phenols is 1. The van der Waals surface area contributed by atoms with Crippen LogP contribution in [0.25, 0.3) is 17.4 Å². The molecule has 0 atom stereocenters. The summed E-state index contributed by atoms with van der Waals surface area (Å²) >= 11 is 11.0. The quantitative estimate of drug-likeness (QED) is 0.314. The molecule has 0 aliphatic rings. The second kappa shape index (κ2) is 8.73. The number of halogens is 1. The van der Waals surface area contributed by atoms with Crippen molar-refractivity contribution in [3.63, 3.8) is 0 Å². The second-order valence-corrected chi connectivity index (χ2v) is 6.85. The van der Waals surface area contributed by atoms with Gasteiger partial charge in [0.1, 0.15) is 17.3 Å². The zero-order chi connectivity index (χ0) is 20.1. The standard InChI is InChI=1S/C21H17ClN2O3S/c1-13-2-9-18(25)17(12-13)23-21(28)24-20(26)11-8-16-7-10-19(27-16)14-3-5-15(22)6-4-14/h2-12,25H,1H3,(H2,23,24,26,28). The lowest BCUT2D eigenvalue weighted by molar-refractivity contribution is -0.115. The van der Waals surface area contributed by atoms with Crippen molar-refractivity contribution in [2.24, 2.45) is 0 Å². The molecule has 0 fully saturated rings. The van der Waals surface area contributed by atoms with E-state index in [1.807, 2.05) is 25.1 Å². The van der Waals surface area contributed by atoms with Gasteiger partial charge in [0.15, 0.2) is 5.11 Å². The fourth-order valence-corrected chi connectivity index (χ4v) is 2.76. The number of carbonyl (C=O) groups excluding carboxylic acids is 1. The van der Waals surface area contributed by atoms with Gasteiger partial charge >= 0.3 is 0 Å². The first-order valence-corrected chi connectivity index (χ1v) is 9.15. The summed E-state index contributed by atoms with van der Waals surface area (Å²) in [6.45, 7) is 1.89. The van der Waals surface area contributed by atoms with Gasteiger partial charge in [0.05, 0.1) is 5.69 Å². The van der Waals surface area contributed by atoms with Gasteiger partial charge in [-0.1, -0.05) is 17.7 Å². The third-order valence-corrected chi connectivity index (χ3v) is 4.25. The topological polar surface area (TPSA) is 74.5 Å². The highest BCUT2D eigenvalue weighted by Crippen LogP contribution is 2.25. The minimum Gasteiger partial charge on any atom is -0.506 e. The third kappa shape index (κ3) is 5.22. The van der Waals surface area contributed by atoms with E-state index < -0.39 is 5.91 Å². The molecule has 0 radical (unpaired) electrons. The lowest BCUT2D eigenvalue weighted by Gasteiger charge is -2.10. The predicted octanol–water partition coefficient (Wildman–Crippen LogP) is 5.14. The van der Waals surface area contributed by atoms with Gasteiger partial charge in [-0.05, 0) is 79.3 Å². The van der Waals surface area contributed by atoms with E-state index >= 15 is 0 Å². The third-order valence-electron chi connectivity index (χ3n) is 3.79. The van der Waals surface area contributed by atoms with Crippen LogP contribution in [-0.2, 0) is 4.79 Å². The molecule has 0 spiro atoms. The Labute approximate surface area is 172 Å². The molecule has 1 aromatic heterocycles. The number of carbonyl (C=O) groups is 1. The number of anilines is 1. The molecule has 2 aromatic carbocycles. The van der Waals surface area contributed by atoms with Crippen LogP contribution in [0.15, 0.2) is 65.1 Å². The Morgan fingerprint density at radius 3 is 2.64 bits per heavy atom. The van der Waals surface area contributed by atoms with Gasteiger partial charge in [0, 0.05) is 16.7 Å². The molecule has 0 aliphatic heterocycles. The van der Waals surface area contributed by atoms with Gasteiger partial charge in [-0.3, -0.25) is 10.1 Å². The highest BCUT2D eigenvalue weighted by molar-refractivity contribution is 7.80. The number of furan rings is 1. The average Bonchev–Trinajstić information content (AvgIpc) is 3.12. The lowest BCUT2D eigenvalue weighted by Crippen LogP contribution is -2.32. The number of thiocarbonyl (C=S) groups is 1. The zero-order valence-corrected chi connectivity index (χ0v) is 16.5. The maximum Gasteiger partial charge on any atom is 0.250 e. The number of rotatable bonds is 4. The zero-order valence-electron chi connectivity index (χ0n) is 14.9.